The average molecular weight is 267 g/mol. The summed E-state index contributed by atoms with van der Waals surface area (Å²) in [7, 11) is 0. The quantitative estimate of drug-likeness (QED) is 0.749. The van der Waals surface area contributed by atoms with E-state index in [1.807, 2.05) is 37.4 Å². The number of hydrogen-bond donors (Lipinski definition) is 2. The van der Waals surface area contributed by atoms with Crippen molar-refractivity contribution in [2.75, 3.05) is 0 Å². The molecule has 0 saturated heterocycles. The lowest BCUT2D eigenvalue weighted by Gasteiger charge is -2.16. The smallest absolute Gasteiger partial charge is 0.160 e. The van der Waals surface area contributed by atoms with Crippen LogP contribution in [-0.2, 0) is 5.60 Å². The van der Waals surface area contributed by atoms with E-state index < -0.39 is 5.60 Å². The molecule has 0 spiro atoms. The van der Waals surface area contributed by atoms with Gasteiger partial charge in [-0.1, -0.05) is 18.2 Å². The van der Waals surface area contributed by atoms with Gasteiger partial charge in [0.1, 0.15) is 5.60 Å². The van der Waals surface area contributed by atoms with Crippen molar-refractivity contribution in [3.63, 3.8) is 0 Å². The van der Waals surface area contributed by atoms with Gasteiger partial charge in [0.2, 0.25) is 0 Å². The highest BCUT2D eigenvalue weighted by Gasteiger charge is 2.21. The van der Waals surface area contributed by atoms with Crippen LogP contribution in [0.25, 0.3) is 22.2 Å². The van der Waals surface area contributed by atoms with Crippen LogP contribution in [-0.4, -0.2) is 20.1 Å². The van der Waals surface area contributed by atoms with Gasteiger partial charge in [0, 0.05) is 28.4 Å². The molecule has 1 aromatic carbocycles. The van der Waals surface area contributed by atoms with Gasteiger partial charge in [-0.15, -0.1) is 0 Å². The third-order valence-corrected chi connectivity index (χ3v) is 3.27. The molecule has 0 fully saturated rings. The molecule has 2 N–H and O–H groups in total. The van der Waals surface area contributed by atoms with E-state index in [2.05, 4.69) is 21.0 Å². The summed E-state index contributed by atoms with van der Waals surface area (Å²) >= 11 is 0. The average Bonchev–Trinajstić information content (AvgIpc) is 2.80. The Morgan fingerprint density at radius 3 is 2.65 bits per heavy atom. The zero-order chi connectivity index (χ0) is 14.3. The first-order chi connectivity index (χ1) is 9.45. The number of fused-ring (bicyclic) bond motifs is 1. The molecular formula is C16H17N3O. The number of para-hydroxylation sites is 1. The van der Waals surface area contributed by atoms with Crippen LogP contribution in [0.5, 0.6) is 0 Å². The molecule has 0 aliphatic rings. The number of H-pyrrole nitrogens is 1. The van der Waals surface area contributed by atoms with Crippen molar-refractivity contribution in [3.8, 4) is 11.3 Å². The number of aromatic nitrogens is 3. The molecule has 0 unspecified atom stereocenters. The summed E-state index contributed by atoms with van der Waals surface area (Å²) in [5.74, 6) is 0.442. The Hall–Kier alpha value is -2.20. The summed E-state index contributed by atoms with van der Waals surface area (Å²) in [4.78, 5) is 12.1. The van der Waals surface area contributed by atoms with E-state index in [1.54, 1.807) is 13.8 Å². The molecule has 0 bridgehead atoms. The molecule has 0 aliphatic heterocycles. The van der Waals surface area contributed by atoms with Crippen LogP contribution in [0.15, 0.2) is 36.5 Å². The predicted octanol–water partition coefficient (Wildman–Crippen LogP) is 3.16. The zero-order valence-electron chi connectivity index (χ0n) is 11.8. The standard InChI is InChI=1S/C16H17N3O/c1-10-8-14(19-15(18-10)16(2,3)20)12-9-17-13-7-5-4-6-11(12)13/h4-9,17,20H,1-3H3. The molecule has 4 nitrogen and oxygen atoms in total. The van der Waals surface area contributed by atoms with Gasteiger partial charge in [-0.2, -0.15) is 0 Å². The van der Waals surface area contributed by atoms with Crippen LogP contribution >= 0.6 is 0 Å². The number of benzene rings is 1. The first kappa shape index (κ1) is 12.8. The number of aromatic amines is 1. The minimum atomic E-state index is -1.05. The number of aliphatic hydroxyl groups is 1. The maximum atomic E-state index is 10.1. The predicted molar refractivity (Wildman–Crippen MR) is 79.3 cm³/mol. The lowest BCUT2D eigenvalue weighted by molar-refractivity contribution is 0.0686. The topological polar surface area (TPSA) is 61.8 Å². The maximum absolute atomic E-state index is 10.1. The summed E-state index contributed by atoms with van der Waals surface area (Å²) in [6, 6.07) is 10.0. The minimum Gasteiger partial charge on any atom is -0.382 e. The van der Waals surface area contributed by atoms with Crippen LogP contribution in [0.1, 0.15) is 25.4 Å². The van der Waals surface area contributed by atoms with Crippen LogP contribution in [0, 0.1) is 6.92 Å². The highest BCUT2D eigenvalue weighted by molar-refractivity contribution is 5.94. The first-order valence-electron chi connectivity index (χ1n) is 6.60. The Labute approximate surface area is 117 Å². The van der Waals surface area contributed by atoms with Crippen molar-refractivity contribution in [2.45, 2.75) is 26.4 Å². The number of hydrogen-bond acceptors (Lipinski definition) is 3. The van der Waals surface area contributed by atoms with E-state index in [0.29, 0.717) is 5.82 Å². The number of nitrogens with zero attached hydrogens (tertiary/aromatic N) is 2. The lowest BCUT2D eigenvalue weighted by Crippen LogP contribution is -2.20. The van der Waals surface area contributed by atoms with Gasteiger partial charge in [-0.3, -0.25) is 0 Å². The molecule has 0 amide bonds. The molecule has 0 atom stereocenters. The van der Waals surface area contributed by atoms with Gasteiger partial charge in [0.25, 0.3) is 0 Å². The normalized spacial score (nSPS) is 12.0. The van der Waals surface area contributed by atoms with Gasteiger partial charge in [-0.25, -0.2) is 9.97 Å². The Kier molecular flexibility index (Phi) is 2.83. The third kappa shape index (κ3) is 2.18. The summed E-state index contributed by atoms with van der Waals surface area (Å²) in [5.41, 5.74) is 2.72. The minimum absolute atomic E-state index is 0.442. The Morgan fingerprint density at radius 2 is 1.90 bits per heavy atom. The molecule has 2 aromatic heterocycles. The Balaban J connectivity index is 2.22. The number of rotatable bonds is 2. The number of aryl methyl sites for hydroxylation is 1. The van der Waals surface area contributed by atoms with Gasteiger partial charge < -0.3 is 10.1 Å². The first-order valence-corrected chi connectivity index (χ1v) is 6.60. The van der Waals surface area contributed by atoms with Crippen LogP contribution in [0.3, 0.4) is 0 Å². The summed E-state index contributed by atoms with van der Waals surface area (Å²) in [6.07, 6.45) is 1.95. The molecular weight excluding hydrogens is 250 g/mol. The van der Waals surface area contributed by atoms with Crippen LogP contribution < -0.4 is 0 Å². The highest BCUT2D eigenvalue weighted by atomic mass is 16.3. The monoisotopic (exact) mass is 267 g/mol. The molecule has 102 valence electrons. The second-order valence-electron chi connectivity index (χ2n) is 5.53. The van der Waals surface area contributed by atoms with E-state index in [0.717, 1.165) is 27.9 Å². The molecule has 3 rings (SSSR count). The molecule has 20 heavy (non-hydrogen) atoms. The third-order valence-electron chi connectivity index (χ3n) is 3.27. The number of nitrogens with one attached hydrogen (secondary N) is 1. The molecule has 0 saturated carbocycles. The molecule has 3 aromatic rings. The maximum Gasteiger partial charge on any atom is 0.160 e. The zero-order valence-corrected chi connectivity index (χ0v) is 11.8. The van der Waals surface area contributed by atoms with Gasteiger partial charge in [0.05, 0.1) is 5.69 Å². The van der Waals surface area contributed by atoms with E-state index in [9.17, 15) is 5.11 Å². The van der Waals surface area contributed by atoms with Crippen molar-refractivity contribution in [1.29, 1.82) is 0 Å². The van der Waals surface area contributed by atoms with Crippen molar-refractivity contribution in [3.05, 3.63) is 48.0 Å². The van der Waals surface area contributed by atoms with Crippen molar-refractivity contribution < 1.29 is 5.11 Å². The van der Waals surface area contributed by atoms with Crippen LogP contribution in [0.2, 0.25) is 0 Å². The fourth-order valence-electron chi connectivity index (χ4n) is 2.26. The van der Waals surface area contributed by atoms with E-state index in [4.69, 9.17) is 0 Å². The Bertz CT molecular complexity index is 769. The van der Waals surface area contributed by atoms with Crippen molar-refractivity contribution in [2.24, 2.45) is 0 Å². The highest BCUT2D eigenvalue weighted by Crippen LogP contribution is 2.28. The SMILES string of the molecule is Cc1cc(-c2c[nH]c3ccccc23)nc(C(C)(C)O)n1. The van der Waals surface area contributed by atoms with E-state index >= 15 is 0 Å². The van der Waals surface area contributed by atoms with E-state index in [1.165, 1.54) is 0 Å². The second-order valence-corrected chi connectivity index (χ2v) is 5.53. The van der Waals surface area contributed by atoms with Crippen LogP contribution in [0.4, 0.5) is 0 Å². The van der Waals surface area contributed by atoms with Gasteiger partial charge in [0.15, 0.2) is 5.82 Å². The van der Waals surface area contributed by atoms with Crippen molar-refractivity contribution >= 4 is 10.9 Å². The fraction of sp³-hybridized carbons (Fsp3) is 0.250. The van der Waals surface area contributed by atoms with Gasteiger partial charge >= 0.3 is 0 Å². The molecule has 2 heterocycles. The lowest BCUT2D eigenvalue weighted by atomic mass is 10.1. The summed E-state index contributed by atoms with van der Waals surface area (Å²) in [5, 5.41) is 11.2. The van der Waals surface area contributed by atoms with E-state index in [-0.39, 0.29) is 0 Å². The summed E-state index contributed by atoms with van der Waals surface area (Å²) in [6.45, 7) is 5.30. The molecule has 0 aliphatic carbocycles. The fourth-order valence-corrected chi connectivity index (χ4v) is 2.26. The largest absolute Gasteiger partial charge is 0.382 e. The van der Waals surface area contributed by atoms with Gasteiger partial charge in [-0.05, 0) is 32.9 Å². The Morgan fingerprint density at radius 1 is 1.15 bits per heavy atom. The molecule has 4 heteroatoms. The van der Waals surface area contributed by atoms with Crippen molar-refractivity contribution in [1.82, 2.24) is 15.0 Å². The second kappa shape index (κ2) is 4.42. The summed E-state index contributed by atoms with van der Waals surface area (Å²) < 4.78 is 0. The molecule has 0 radical (unpaired) electrons.